The Labute approximate surface area is 193 Å². The van der Waals surface area contributed by atoms with Gasteiger partial charge in [-0.15, -0.1) is 11.3 Å². The van der Waals surface area contributed by atoms with Crippen molar-refractivity contribution in [2.75, 3.05) is 24.3 Å². The number of H-pyrrole nitrogens is 1. The maximum atomic E-state index is 12.6. The SMILES string of the molecule is CCOC(=O)c1cc(-c2ccccc2)sc1NC(=O)CSc1nc(C)c(CCO)c(=O)[nH]1. The Kier molecular flexibility index (Phi) is 8.20. The molecule has 0 aliphatic heterocycles. The number of thiophene rings is 1. The largest absolute Gasteiger partial charge is 0.462 e. The molecule has 168 valence electrons. The molecule has 2 heterocycles. The molecule has 8 nitrogen and oxygen atoms in total. The van der Waals surface area contributed by atoms with Crippen LogP contribution in [0.25, 0.3) is 10.4 Å². The Morgan fingerprint density at radius 2 is 2.03 bits per heavy atom. The topological polar surface area (TPSA) is 121 Å². The molecule has 3 N–H and O–H groups in total. The summed E-state index contributed by atoms with van der Waals surface area (Å²) in [5, 5.41) is 12.5. The zero-order valence-electron chi connectivity index (χ0n) is 17.6. The fraction of sp³-hybridized carbons (Fsp3) is 0.273. The van der Waals surface area contributed by atoms with Gasteiger partial charge in [-0.3, -0.25) is 9.59 Å². The lowest BCUT2D eigenvalue weighted by Crippen LogP contribution is -2.20. The van der Waals surface area contributed by atoms with Crippen molar-refractivity contribution in [1.82, 2.24) is 9.97 Å². The molecular formula is C22H23N3O5S2. The number of aliphatic hydroxyl groups excluding tert-OH is 1. The second-order valence-electron chi connectivity index (χ2n) is 6.69. The number of aliphatic hydroxyl groups is 1. The lowest BCUT2D eigenvalue weighted by Gasteiger charge is -2.07. The number of nitrogens with zero attached hydrogens (tertiary/aromatic N) is 1. The minimum atomic E-state index is -0.505. The number of thioether (sulfide) groups is 1. The molecule has 0 unspecified atom stereocenters. The highest BCUT2D eigenvalue weighted by molar-refractivity contribution is 7.99. The van der Waals surface area contributed by atoms with Crippen molar-refractivity contribution in [1.29, 1.82) is 0 Å². The normalized spacial score (nSPS) is 10.7. The molecule has 0 saturated heterocycles. The number of benzene rings is 1. The number of rotatable bonds is 9. The van der Waals surface area contributed by atoms with Crippen molar-refractivity contribution in [2.24, 2.45) is 0 Å². The van der Waals surface area contributed by atoms with E-state index in [-0.39, 0.29) is 36.9 Å². The van der Waals surface area contributed by atoms with Crippen molar-refractivity contribution in [2.45, 2.75) is 25.4 Å². The van der Waals surface area contributed by atoms with Crippen molar-refractivity contribution in [3.05, 3.63) is 63.6 Å². The fourth-order valence-electron chi connectivity index (χ4n) is 2.94. The second-order valence-corrected chi connectivity index (χ2v) is 8.70. The predicted octanol–water partition coefficient (Wildman–Crippen LogP) is 3.25. The molecule has 0 saturated carbocycles. The number of hydrogen-bond donors (Lipinski definition) is 3. The van der Waals surface area contributed by atoms with Crippen LogP contribution in [-0.2, 0) is 16.0 Å². The van der Waals surface area contributed by atoms with Crippen LogP contribution in [0.1, 0.15) is 28.5 Å². The first-order chi connectivity index (χ1) is 15.4. The molecule has 1 aromatic carbocycles. The Balaban J connectivity index is 1.75. The third kappa shape index (κ3) is 5.84. The Morgan fingerprint density at radius 1 is 1.28 bits per heavy atom. The summed E-state index contributed by atoms with van der Waals surface area (Å²) in [4.78, 5) is 44.8. The van der Waals surface area contributed by atoms with Crippen LogP contribution >= 0.6 is 23.1 Å². The van der Waals surface area contributed by atoms with E-state index in [1.165, 1.54) is 11.3 Å². The number of amides is 1. The van der Waals surface area contributed by atoms with Gasteiger partial charge in [0.2, 0.25) is 5.91 Å². The number of anilines is 1. The number of nitrogens with one attached hydrogen (secondary N) is 2. The zero-order valence-corrected chi connectivity index (χ0v) is 19.3. The molecule has 0 aliphatic rings. The Hall–Kier alpha value is -2.95. The van der Waals surface area contributed by atoms with Crippen LogP contribution in [0, 0.1) is 6.92 Å². The third-order valence-electron chi connectivity index (χ3n) is 4.44. The highest BCUT2D eigenvalue weighted by atomic mass is 32.2. The average Bonchev–Trinajstić information content (AvgIpc) is 3.19. The number of aromatic nitrogens is 2. The maximum Gasteiger partial charge on any atom is 0.341 e. The van der Waals surface area contributed by atoms with Crippen LogP contribution in [0.3, 0.4) is 0 Å². The summed E-state index contributed by atoms with van der Waals surface area (Å²) in [5.41, 5.74) is 1.83. The first-order valence-electron chi connectivity index (χ1n) is 9.92. The van der Waals surface area contributed by atoms with E-state index in [1.807, 2.05) is 30.3 Å². The number of carbonyl (C=O) groups excluding carboxylic acids is 2. The van der Waals surface area contributed by atoms with Gasteiger partial charge in [0.05, 0.1) is 17.9 Å². The number of ether oxygens (including phenoxy) is 1. The van der Waals surface area contributed by atoms with Gasteiger partial charge < -0.3 is 20.1 Å². The maximum absolute atomic E-state index is 12.6. The molecule has 32 heavy (non-hydrogen) atoms. The van der Waals surface area contributed by atoms with E-state index in [2.05, 4.69) is 15.3 Å². The Morgan fingerprint density at radius 3 is 2.69 bits per heavy atom. The van der Waals surface area contributed by atoms with Crippen molar-refractivity contribution < 1.29 is 19.4 Å². The van der Waals surface area contributed by atoms with Gasteiger partial charge in [0.15, 0.2) is 5.16 Å². The fourth-order valence-corrected chi connectivity index (χ4v) is 4.72. The van der Waals surface area contributed by atoms with Gasteiger partial charge in [-0.1, -0.05) is 42.1 Å². The molecular weight excluding hydrogens is 450 g/mol. The summed E-state index contributed by atoms with van der Waals surface area (Å²) >= 11 is 2.37. The summed E-state index contributed by atoms with van der Waals surface area (Å²) in [6.45, 7) is 3.49. The predicted molar refractivity (Wildman–Crippen MR) is 125 cm³/mol. The standard InChI is InChI=1S/C22H23N3O5S2/c1-3-30-21(29)16-11-17(14-7-5-4-6-8-14)32-20(16)24-18(27)12-31-22-23-13(2)15(9-10-26)19(28)25-22/h4-8,11,26H,3,9-10,12H2,1-2H3,(H,24,27)(H,23,25,28). The van der Waals surface area contributed by atoms with Gasteiger partial charge in [-0.25, -0.2) is 9.78 Å². The van der Waals surface area contributed by atoms with Crippen LogP contribution in [0.2, 0.25) is 0 Å². The van der Waals surface area contributed by atoms with E-state index >= 15 is 0 Å². The van der Waals surface area contributed by atoms with Crippen LogP contribution in [0.4, 0.5) is 5.00 Å². The zero-order chi connectivity index (χ0) is 23.1. The van der Waals surface area contributed by atoms with E-state index in [4.69, 9.17) is 9.84 Å². The van der Waals surface area contributed by atoms with E-state index < -0.39 is 5.97 Å². The first-order valence-corrected chi connectivity index (χ1v) is 11.7. The molecule has 0 spiro atoms. The van der Waals surface area contributed by atoms with Gasteiger partial charge in [0.25, 0.3) is 5.56 Å². The van der Waals surface area contributed by atoms with Gasteiger partial charge in [-0.05, 0) is 25.5 Å². The summed E-state index contributed by atoms with van der Waals surface area (Å²) in [6.07, 6.45) is 0.221. The highest BCUT2D eigenvalue weighted by Gasteiger charge is 2.20. The van der Waals surface area contributed by atoms with Gasteiger partial charge in [-0.2, -0.15) is 0 Å². The first kappa shape index (κ1) is 23.7. The number of aromatic amines is 1. The average molecular weight is 474 g/mol. The van der Waals surface area contributed by atoms with Gasteiger partial charge in [0, 0.05) is 29.2 Å². The smallest absolute Gasteiger partial charge is 0.341 e. The number of hydrogen-bond acceptors (Lipinski definition) is 8. The summed E-state index contributed by atoms with van der Waals surface area (Å²) in [6, 6.07) is 11.3. The number of esters is 1. The summed E-state index contributed by atoms with van der Waals surface area (Å²) in [7, 11) is 0. The quantitative estimate of drug-likeness (QED) is 0.248. The lowest BCUT2D eigenvalue weighted by atomic mass is 10.1. The van der Waals surface area contributed by atoms with Gasteiger partial charge in [0.1, 0.15) is 5.00 Å². The van der Waals surface area contributed by atoms with Crippen molar-refractivity contribution in [3.8, 4) is 10.4 Å². The van der Waals surface area contributed by atoms with E-state index in [1.54, 1.807) is 19.9 Å². The lowest BCUT2D eigenvalue weighted by molar-refractivity contribution is -0.113. The van der Waals surface area contributed by atoms with E-state index in [0.29, 0.717) is 27.0 Å². The molecule has 0 aliphatic carbocycles. The molecule has 0 bridgehead atoms. The third-order valence-corrected chi connectivity index (χ3v) is 6.41. The van der Waals surface area contributed by atoms with Crippen LogP contribution < -0.4 is 10.9 Å². The molecule has 3 aromatic rings. The summed E-state index contributed by atoms with van der Waals surface area (Å²) < 4.78 is 5.13. The molecule has 0 radical (unpaired) electrons. The van der Waals surface area contributed by atoms with E-state index in [0.717, 1.165) is 22.2 Å². The molecule has 0 atom stereocenters. The van der Waals surface area contributed by atoms with E-state index in [9.17, 15) is 14.4 Å². The second kappa shape index (κ2) is 11.1. The number of carbonyl (C=O) groups is 2. The van der Waals surface area contributed by atoms with Crippen LogP contribution in [0.15, 0.2) is 46.3 Å². The van der Waals surface area contributed by atoms with Crippen molar-refractivity contribution >= 4 is 40.0 Å². The minimum absolute atomic E-state index is 0.0113. The molecule has 10 heteroatoms. The molecule has 2 aromatic heterocycles. The van der Waals surface area contributed by atoms with Gasteiger partial charge >= 0.3 is 5.97 Å². The number of aryl methyl sites for hydroxylation is 1. The highest BCUT2D eigenvalue weighted by Crippen LogP contribution is 2.36. The summed E-state index contributed by atoms with van der Waals surface area (Å²) in [5.74, 6) is -0.862. The van der Waals surface area contributed by atoms with Crippen molar-refractivity contribution in [3.63, 3.8) is 0 Å². The molecule has 1 amide bonds. The molecule has 3 rings (SSSR count). The van der Waals surface area contributed by atoms with Crippen LogP contribution in [-0.4, -0.2) is 45.9 Å². The minimum Gasteiger partial charge on any atom is -0.462 e. The Bertz CT molecular complexity index is 1160. The van der Waals surface area contributed by atoms with Crippen LogP contribution in [0.5, 0.6) is 0 Å². The molecule has 0 fully saturated rings. The monoisotopic (exact) mass is 473 g/mol.